The maximum absolute atomic E-state index is 13.4. The molecule has 0 fully saturated rings. The van der Waals surface area contributed by atoms with Crippen LogP contribution < -0.4 is 9.47 Å². The van der Waals surface area contributed by atoms with Gasteiger partial charge in [0.25, 0.3) is 5.88 Å². The highest BCUT2D eigenvalue weighted by Crippen LogP contribution is 2.32. The molecule has 0 bridgehead atoms. The SMILES string of the molecule is COc1cc(CO)ccc1Oc1nc(Cl)ncc1F. The van der Waals surface area contributed by atoms with E-state index >= 15 is 0 Å². The molecule has 0 atom stereocenters. The number of aliphatic hydroxyl groups excluding tert-OH is 1. The van der Waals surface area contributed by atoms with Gasteiger partial charge in [0.2, 0.25) is 11.1 Å². The summed E-state index contributed by atoms with van der Waals surface area (Å²) in [6.45, 7) is -0.135. The van der Waals surface area contributed by atoms with Crippen molar-refractivity contribution in [3.05, 3.63) is 41.1 Å². The first-order valence-corrected chi connectivity index (χ1v) is 5.65. The number of methoxy groups -OCH3 is 1. The topological polar surface area (TPSA) is 64.5 Å². The highest BCUT2D eigenvalue weighted by Gasteiger charge is 2.12. The molecule has 0 saturated carbocycles. The lowest BCUT2D eigenvalue weighted by atomic mass is 10.2. The molecule has 1 aromatic heterocycles. The van der Waals surface area contributed by atoms with Gasteiger partial charge in [-0.15, -0.1) is 0 Å². The van der Waals surface area contributed by atoms with E-state index < -0.39 is 5.82 Å². The van der Waals surface area contributed by atoms with E-state index in [1.165, 1.54) is 7.11 Å². The van der Waals surface area contributed by atoms with Gasteiger partial charge >= 0.3 is 0 Å². The van der Waals surface area contributed by atoms with Crippen molar-refractivity contribution < 1.29 is 19.0 Å². The van der Waals surface area contributed by atoms with Crippen LogP contribution in [0, 0.1) is 5.82 Å². The third kappa shape index (κ3) is 3.10. The fourth-order valence-electron chi connectivity index (χ4n) is 1.40. The normalized spacial score (nSPS) is 10.3. The minimum Gasteiger partial charge on any atom is -0.493 e. The molecular weight excluding hydrogens is 275 g/mol. The Hall–Kier alpha value is -1.92. The van der Waals surface area contributed by atoms with Crippen LogP contribution in [0.4, 0.5) is 4.39 Å². The van der Waals surface area contributed by atoms with Gasteiger partial charge in [0, 0.05) is 0 Å². The van der Waals surface area contributed by atoms with Gasteiger partial charge in [-0.3, -0.25) is 0 Å². The monoisotopic (exact) mass is 284 g/mol. The summed E-state index contributed by atoms with van der Waals surface area (Å²) in [7, 11) is 1.44. The van der Waals surface area contributed by atoms with Gasteiger partial charge in [0.15, 0.2) is 11.5 Å². The number of benzene rings is 1. The summed E-state index contributed by atoms with van der Waals surface area (Å²) in [6, 6.07) is 4.74. The fourth-order valence-corrected chi connectivity index (χ4v) is 1.53. The average molecular weight is 285 g/mol. The van der Waals surface area contributed by atoms with Gasteiger partial charge in [-0.1, -0.05) is 6.07 Å². The molecule has 0 spiro atoms. The van der Waals surface area contributed by atoms with Crippen molar-refractivity contribution in [2.75, 3.05) is 7.11 Å². The number of halogens is 2. The molecule has 100 valence electrons. The van der Waals surface area contributed by atoms with Gasteiger partial charge in [0.05, 0.1) is 19.9 Å². The minimum atomic E-state index is -0.738. The Balaban J connectivity index is 2.35. The molecule has 1 N–H and O–H groups in total. The molecule has 2 rings (SSSR count). The quantitative estimate of drug-likeness (QED) is 0.874. The van der Waals surface area contributed by atoms with Gasteiger partial charge in [-0.25, -0.2) is 4.98 Å². The molecule has 0 aliphatic heterocycles. The van der Waals surface area contributed by atoms with Crippen LogP contribution in [0.3, 0.4) is 0 Å². The molecule has 0 amide bonds. The predicted molar refractivity (Wildman–Crippen MR) is 66.0 cm³/mol. The van der Waals surface area contributed by atoms with Crippen LogP contribution in [0.1, 0.15) is 5.56 Å². The van der Waals surface area contributed by atoms with Crippen LogP contribution in [0.2, 0.25) is 5.28 Å². The van der Waals surface area contributed by atoms with E-state index in [1.807, 2.05) is 0 Å². The Morgan fingerprint density at radius 1 is 1.37 bits per heavy atom. The zero-order valence-corrected chi connectivity index (χ0v) is 10.7. The summed E-state index contributed by atoms with van der Waals surface area (Å²) in [4.78, 5) is 7.12. The lowest BCUT2D eigenvalue weighted by Gasteiger charge is -2.11. The van der Waals surface area contributed by atoms with E-state index in [9.17, 15) is 4.39 Å². The zero-order chi connectivity index (χ0) is 13.8. The second-order valence-corrected chi connectivity index (χ2v) is 3.88. The Morgan fingerprint density at radius 2 is 2.16 bits per heavy atom. The van der Waals surface area contributed by atoms with Crippen molar-refractivity contribution in [1.82, 2.24) is 9.97 Å². The number of aliphatic hydroxyl groups is 1. The first-order valence-electron chi connectivity index (χ1n) is 5.27. The molecule has 0 saturated heterocycles. The van der Waals surface area contributed by atoms with Gasteiger partial charge in [-0.2, -0.15) is 9.37 Å². The minimum absolute atomic E-state index is 0.123. The van der Waals surface area contributed by atoms with E-state index in [0.717, 1.165) is 6.20 Å². The van der Waals surface area contributed by atoms with E-state index in [4.69, 9.17) is 26.2 Å². The molecule has 2 aromatic rings. The van der Waals surface area contributed by atoms with Crippen molar-refractivity contribution in [3.8, 4) is 17.4 Å². The van der Waals surface area contributed by atoms with Gasteiger partial charge < -0.3 is 14.6 Å². The van der Waals surface area contributed by atoms with Crippen LogP contribution in [-0.4, -0.2) is 22.2 Å². The van der Waals surface area contributed by atoms with Gasteiger partial charge in [-0.05, 0) is 29.3 Å². The Labute approximate surface area is 113 Å². The van der Waals surface area contributed by atoms with E-state index in [1.54, 1.807) is 18.2 Å². The van der Waals surface area contributed by atoms with E-state index in [-0.39, 0.29) is 23.5 Å². The Kier molecular flexibility index (Phi) is 4.13. The first kappa shape index (κ1) is 13.5. The number of nitrogens with zero attached hydrogens (tertiary/aromatic N) is 2. The second kappa shape index (κ2) is 5.81. The summed E-state index contributed by atoms with van der Waals surface area (Å²) in [5, 5.41) is 8.90. The molecule has 1 aromatic carbocycles. The maximum Gasteiger partial charge on any atom is 0.260 e. The van der Waals surface area contributed by atoms with Crippen LogP contribution in [0.15, 0.2) is 24.4 Å². The van der Waals surface area contributed by atoms with Crippen molar-refractivity contribution in [2.45, 2.75) is 6.61 Å². The average Bonchev–Trinajstić information content (AvgIpc) is 2.43. The Morgan fingerprint density at radius 3 is 2.84 bits per heavy atom. The van der Waals surface area contributed by atoms with Crippen molar-refractivity contribution in [2.24, 2.45) is 0 Å². The summed E-state index contributed by atoms with van der Waals surface area (Å²) in [6.07, 6.45) is 0.916. The summed E-state index contributed by atoms with van der Waals surface area (Å²) in [5.41, 5.74) is 0.644. The highest BCUT2D eigenvalue weighted by atomic mass is 35.5. The number of ether oxygens (including phenoxy) is 2. The smallest absolute Gasteiger partial charge is 0.260 e. The maximum atomic E-state index is 13.4. The van der Waals surface area contributed by atoms with Crippen LogP contribution in [-0.2, 0) is 6.61 Å². The standard InChI is InChI=1S/C12H10ClFN2O3/c1-18-10-4-7(6-17)2-3-9(10)19-11-8(14)5-15-12(13)16-11/h2-5,17H,6H2,1H3. The lowest BCUT2D eigenvalue weighted by Crippen LogP contribution is -1.97. The van der Waals surface area contributed by atoms with Crippen molar-refractivity contribution in [1.29, 1.82) is 0 Å². The molecule has 0 aliphatic rings. The molecule has 0 unspecified atom stereocenters. The fraction of sp³-hybridized carbons (Fsp3) is 0.167. The summed E-state index contributed by atoms with van der Waals surface area (Å²) >= 11 is 5.57. The van der Waals surface area contributed by atoms with Gasteiger partial charge in [0.1, 0.15) is 0 Å². The summed E-state index contributed by atoms with van der Waals surface area (Å²) < 4.78 is 23.8. The number of hydrogen-bond donors (Lipinski definition) is 1. The van der Waals surface area contributed by atoms with Crippen LogP contribution >= 0.6 is 11.6 Å². The Bertz CT molecular complexity index is 595. The molecule has 7 heteroatoms. The van der Waals surface area contributed by atoms with Crippen molar-refractivity contribution in [3.63, 3.8) is 0 Å². The first-order chi connectivity index (χ1) is 9.13. The lowest BCUT2D eigenvalue weighted by molar-refractivity contribution is 0.280. The highest BCUT2D eigenvalue weighted by molar-refractivity contribution is 6.28. The number of rotatable bonds is 4. The van der Waals surface area contributed by atoms with E-state index in [2.05, 4.69) is 9.97 Å². The van der Waals surface area contributed by atoms with Crippen LogP contribution in [0.25, 0.3) is 0 Å². The molecule has 19 heavy (non-hydrogen) atoms. The summed E-state index contributed by atoms with van der Waals surface area (Å²) in [5.74, 6) is -0.429. The second-order valence-electron chi connectivity index (χ2n) is 3.54. The predicted octanol–water partition coefficient (Wildman–Crippen LogP) is 2.56. The molecule has 1 heterocycles. The van der Waals surface area contributed by atoms with Crippen LogP contribution in [0.5, 0.6) is 17.4 Å². The van der Waals surface area contributed by atoms with E-state index in [0.29, 0.717) is 11.3 Å². The molecule has 0 aliphatic carbocycles. The van der Waals surface area contributed by atoms with Crippen molar-refractivity contribution >= 4 is 11.6 Å². The molecule has 5 nitrogen and oxygen atoms in total. The molecular formula is C12H10ClFN2O3. The number of hydrogen-bond acceptors (Lipinski definition) is 5. The largest absolute Gasteiger partial charge is 0.493 e. The third-order valence-corrected chi connectivity index (χ3v) is 2.48. The molecule has 0 radical (unpaired) electrons. The zero-order valence-electron chi connectivity index (χ0n) is 9.93. The number of aromatic nitrogens is 2. The third-order valence-electron chi connectivity index (χ3n) is 2.30.